The Kier molecular flexibility index (Phi) is 8.00. The minimum atomic E-state index is -4.40. The van der Waals surface area contributed by atoms with E-state index in [4.69, 9.17) is 5.11 Å². The van der Waals surface area contributed by atoms with E-state index >= 15 is 0 Å². The number of nitrogens with zero attached hydrogens (tertiary/aromatic N) is 3. The molecule has 11 heteroatoms. The molecule has 2 heterocycles. The van der Waals surface area contributed by atoms with E-state index in [1.807, 2.05) is 0 Å². The Balaban J connectivity index is 1.47. The summed E-state index contributed by atoms with van der Waals surface area (Å²) >= 11 is 0. The second-order valence-electron chi connectivity index (χ2n) is 8.91. The van der Waals surface area contributed by atoms with Gasteiger partial charge >= 0.3 is 12.1 Å². The van der Waals surface area contributed by atoms with Crippen LogP contribution in [-0.2, 0) is 11.0 Å². The number of aromatic nitrogens is 3. The first-order valence-electron chi connectivity index (χ1n) is 11.9. The van der Waals surface area contributed by atoms with Crippen molar-refractivity contribution in [3.05, 3.63) is 71.7 Å². The summed E-state index contributed by atoms with van der Waals surface area (Å²) in [6, 6.07) is 7.90. The Bertz CT molecular complexity index is 1210. The number of carboxylic acids is 1. The number of halogens is 3. The van der Waals surface area contributed by atoms with Crippen molar-refractivity contribution >= 4 is 17.7 Å². The summed E-state index contributed by atoms with van der Waals surface area (Å²) in [7, 11) is 0. The first-order valence-corrected chi connectivity index (χ1v) is 11.9. The predicted molar refractivity (Wildman–Crippen MR) is 130 cm³/mol. The van der Waals surface area contributed by atoms with E-state index in [2.05, 4.69) is 25.6 Å². The number of nitrogens with one attached hydrogen (secondary N) is 2. The van der Waals surface area contributed by atoms with E-state index in [1.165, 1.54) is 18.3 Å². The Hall–Kier alpha value is -4.02. The van der Waals surface area contributed by atoms with Gasteiger partial charge < -0.3 is 15.7 Å². The number of carbonyl (C=O) groups excluding carboxylic acids is 1. The number of amides is 1. The number of anilines is 1. The van der Waals surface area contributed by atoms with Gasteiger partial charge in [-0.15, -0.1) is 0 Å². The normalized spacial score (nSPS) is 14.8. The molecule has 1 saturated carbocycles. The van der Waals surface area contributed by atoms with Crippen LogP contribution in [0.5, 0.6) is 0 Å². The van der Waals surface area contributed by atoms with Crippen molar-refractivity contribution in [3.63, 3.8) is 0 Å². The minimum absolute atomic E-state index is 0.0282. The standard InChI is InChI=1S/C26H26F3N5O3/c27-26(28,29)20-8-5-17(6-9-20)24-32-14-19(15-33-24)23(16-3-1-2-4-16)34-21-10-7-18(13-31-21)25(37)30-12-11-22(35)36/h5-10,13-16,23H,1-4,11-12H2,(H,30,37)(H,31,34)(H,35,36)/t23-/m0/s1. The maximum Gasteiger partial charge on any atom is 0.416 e. The molecular formula is C26H26F3N5O3. The number of carbonyl (C=O) groups is 2. The number of benzene rings is 1. The molecule has 1 atom stereocenters. The quantitative estimate of drug-likeness (QED) is 0.364. The van der Waals surface area contributed by atoms with E-state index in [0.717, 1.165) is 43.4 Å². The fraction of sp³-hybridized carbons (Fsp3) is 0.346. The van der Waals surface area contributed by atoms with Crippen LogP contribution in [0.3, 0.4) is 0 Å². The molecule has 1 amide bonds. The third kappa shape index (κ3) is 6.81. The van der Waals surface area contributed by atoms with Gasteiger partial charge in [0, 0.05) is 36.3 Å². The molecule has 0 radical (unpaired) electrons. The molecule has 0 saturated heterocycles. The Labute approximate surface area is 211 Å². The molecule has 194 valence electrons. The highest BCUT2D eigenvalue weighted by molar-refractivity contribution is 5.94. The maximum absolute atomic E-state index is 12.8. The summed E-state index contributed by atoms with van der Waals surface area (Å²) in [5.41, 5.74) is 0.913. The number of alkyl halides is 3. The van der Waals surface area contributed by atoms with Gasteiger partial charge in [-0.2, -0.15) is 13.2 Å². The first-order chi connectivity index (χ1) is 17.7. The number of aliphatic carboxylic acids is 1. The molecule has 1 aliphatic rings. The largest absolute Gasteiger partial charge is 0.481 e. The summed E-state index contributed by atoms with van der Waals surface area (Å²) in [6.07, 6.45) is 4.47. The van der Waals surface area contributed by atoms with E-state index < -0.39 is 23.6 Å². The van der Waals surface area contributed by atoms with Crippen molar-refractivity contribution in [2.75, 3.05) is 11.9 Å². The molecule has 3 N–H and O–H groups in total. The van der Waals surface area contributed by atoms with Crippen molar-refractivity contribution in [2.24, 2.45) is 5.92 Å². The molecule has 2 aromatic heterocycles. The van der Waals surface area contributed by atoms with E-state index in [0.29, 0.717) is 28.7 Å². The maximum atomic E-state index is 12.8. The van der Waals surface area contributed by atoms with Crippen molar-refractivity contribution in [1.29, 1.82) is 0 Å². The number of hydrogen-bond donors (Lipinski definition) is 3. The predicted octanol–water partition coefficient (Wildman–Crippen LogP) is 5.11. The molecule has 0 unspecified atom stereocenters. The SMILES string of the molecule is O=C(O)CCNC(=O)c1ccc(N[C@H](c2cnc(-c3ccc(C(F)(F)F)cc3)nc2)C2CCCC2)nc1. The van der Waals surface area contributed by atoms with Gasteiger partial charge in [0.25, 0.3) is 5.91 Å². The van der Waals surface area contributed by atoms with Gasteiger partial charge in [0.15, 0.2) is 5.82 Å². The van der Waals surface area contributed by atoms with Gasteiger partial charge in [0.1, 0.15) is 5.82 Å². The number of pyridine rings is 1. The molecule has 8 nitrogen and oxygen atoms in total. The van der Waals surface area contributed by atoms with Crippen LogP contribution in [0.15, 0.2) is 55.0 Å². The summed E-state index contributed by atoms with van der Waals surface area (Å²) < 4.78 is 38.5. The molecule has 1 aliphatic carbocycles. The Morgan fingerprint density at radius 1 is 0.973 bits per heavy atom. The van der Waals surface area contributed by atoms with Crippen molar-refractivity contribution in [2.45, 2.75) is 44.3 Å². The number of rotatable bonds is 9. The molecule has 3 aromatic rings. The lowest BCUT2D eigenvalue weighted by atomic mass is 9.93. The van der Waals surface area contributed by atoms with Crippen molar-refractivity contribution in [3.8, 4) is 11.4 Å². The lowest BCUT2D eigenvalue weighted by Gasteiger charge is -2.25. The molecule has 4 rings (SSSR count). The van der Waals surface area contributed by atoms with Crippen LogP contribution < -0.4 is 10.6 Å². The molecular weight excluding hydrogens is 487 g/mol. The summed E-state index contributed by atoms with van der Waals surface area (Å²) in [6.45, 7) is 0.0282. The second-order valence-corrected chi connectivity index (χ2v) is 8.91. The average Bonchev–Trinajstić information content (AvgIpc) is 3.42. The fourth-order valence-corrected chi connectivity index (χ4v) is 4.38. The first kappa shape index (κ1) is 26.1. The van der Waals surface area contributed by atoms with Gasteiger partial charge in [0.05, 0.1) is 23.6 Å². The smallest absolute Gasteiger partial charge is 0.416 e. The monoisotopic (exact) mass is 513 g/mol. The topological polar surface area (TPSA) is 117 Å². The van der Waals surface area contributed by atoms with Crippen molar-refractivity contribution < 1.29 is 27.9 Å². The van der Waals surface area contributed by atoms with Crippen LogP contribution >= 0.6 is 0 Å². The van der Waals surface area contributed by atoms with Gasteiger partial charge in [-0.1, -0.05) is 25.0 Å². The zero-order valence-corrected chi connectivity index (χ0v) is 19.8. The van der Waals surface area contributed by atoms with Gasteiger partial charge in [-0.3, -0.25) is 9.59 Å². The number of hydrogen-bond acceptors (Lipinski definition) is 6. The third-order valence-electron chi connectivity index (χ3n) is 6.33. The van der Waals surface area contributed by atoms with Gasteiger partial charge in [-0.05, 0) is 43.0 Å². The second kappa shape index (κ2) is 11.4. The van der Waals surface area contributed by atoms with Crippen LogP contribution in [0.1, 0.15) is 59.6 Å². The molecule has 0 spiro atoms. The number of carboxylic acid groups (broad SMARTS) is 1. The van der Waals surface area contributed by atoms with Gasteiger partial charge in [-0.25, -0.2) is 15.0 Å². The van der Waals surface area contributed by atoms with Crippen LogP contribution in [0.4, 0.5) is 19.0 Å². The Morgan fingerprint density at radius 3 is 2.22 bits per heavy atom. The van der Waals surface area contributed by atoms with Gasteiger partial charge in [0.2, 0.25) is 0 Å². The minimum Gasteiger partial charge on any atom is -0.481 e. The van der Waals surface area contributed by atoms with Crippen LogP contribution in [0.2, 0.25) is 0 Å². The van der Waals surface area contributed by atoms with Crippen LogP contribution in [-0.4, -0.2) is 38.5 Å². The molecule has 37 heavy (non-hydrogen) atoms. The van der Waals surface area contributed by atoms with E-state index in [-0.39, 0.29) is 19.0 Å². The highest BCUT2D eigenvalue weighted by atomic mass is 19.4. The average molecular weight is 514 g/mol. The Morgan fingerprint density at radius 2 is 1.65 bits per heavy atom. The zero-order chi connectivity index (χ0) is 26.4. The molecule has 0 aliphatic heterocycles. The van der Waals surface area contributed by atoms with Crippen LogP contribution in [0, 0.1) is 5.92 Å². The van der Waals surface area contributed by atoms with E-state index in [1.54, 1.807) is 24.5 Å². The fourth-order valence-electron chi connectivity index (χ4n) is 4.38. The summed E-state index contributed by atoms with van der Waals surface area (Å²) in [5.74, 6) is -0.182. The third-order valence-corrected chi connectivity index (χ3v) is 6.33. The summed E-state index contributed by atoms with van der Waals surface area (Å²) in [5, 5.41) is 14.6. The highest BCUT2D eigenvalue weighted by Crippen LogP contribution is 2.37. The highest BCUT2D eigenvalue weighted by Gasteiger charge is 2.30. The zero-order valence-electron chi connectivity index (χ0n) is 19.8. The lowest BCUT2D eigenvalue weighted by molar-refractivity contribution is -0.138. The van der Waals surface area contributed by atoms with Crippen LogP contribution in [0.25, 0.3) is 11.4 Å². The van der Waals surface area contributed by atoms with E-state index in [9.17, 15) is 22.8 Å². The molecule has 1 fully saturated rings. The lowest BCUT2D eigenvalue weighted by Crippen LogP contribution is -2.26. The molecule has 1 aromatic carbocycles. The van der Waals surface area contributed by atoms with Crippen molar-refractivity contribution in [1.82, 2.24) is 20.3 Å². The summed E-state index contributed by atoms with van der Waals surface area (Å²) in [4.78, 5) is 35.9. The molecule has 0 bridgehead atoms.